The number of allylic oxidation sites excluding steroid dienone is 2. The van der Waals surface area contributed by atoms with Crippen LogP contribution < -0.4 is 0 Å². The molecule has 0 aromatic rings. The molecule has 0 bridgehead atoms. The van der Waals surface area contributed by atoms with Crippen molar-refractivity contribution in [1.29, 1.82) is 0 Å². The Balaban J connectivity index is 4.62. The minimum Gasteiger partial charge on any atom is -0.293 e. The van der Waals surface area contributed by atoms with Gasteiger partial charge in [0, 0.05) is 12.8 Å². The lowest BCUT2D eigenvalue weighted by molar-refractivity contribution is 0.419. The second-order valence-electron chi connectivity index (χ2n) is 4.59. The molecule has 0 aliphatic rings. The van der Waals surface area contributed by atoms with E-state index in [0.717, 1.165) is 24.7 Å². The first-order chi connectivity index (χ1) is 7.06. The quantitative estimate of drug-likeness (QED) is 0.572. The Bertz CT molecular complexity index is 223. The van der Waals surface area contributed by atoms with E-state index in [0.29, 0.717) is 0 Å². The maximum atomic E-state index is 4.39. The summed E-state index contributed by atoms with van der Waals surface area (Å²) in [6.07, 6.45) is 5.67. The highest BCUT2D eigenvalue weighted by Crippen LogP contribution is 2.21. The number of nitrogens with zero attached hydrogens (tertiary/aromatic N) is 1. The fourth-order valence-electron chi connectivity index (χ4n) is 1.68. The van der Waals surface area contributed by atoms with Crippen LogP contribution in [0, 0.1) is 11.8 Å². The Kier molecular flexibility index (Phi) is 7.37. The summed E-state index contributed by atoms with van der Waals surface area (Å²) in [6, 6.07) is 0. The smallest absolute Gasteiger partial charge is 0.0370 e. The summed E-state index contributed by atoms with van der Waals surface area (Å²) in [5.41, 5.74) is 2.74. The van der Waals surface area contributed by atoms with Crippen LogP contribution >= 0.6 is 0 Å². The Morgan fingerprint density at radius 1 is 1.20 bits per heavy atom. The van der Waals surface area contributed by atoms with Crippen molar-refractivity contribution in [2.45, 2.75) is 53.9 Å². The summed E-state index contributed by atoms with van der Waals surface area (Å²) in [5.74, 6) is 1.49. The Morgan fingerprint density at radius 2 is 1.80 bits per heavy atom. The highest BCUT2D eigenvalue weighted by molar-refractivity contribution is 5.99. The number of rotatable bonds is 6. The molecule has 0 aromatic heterocycles. The fourth-order valence-corrected chi connectivity index (χ4v) is 1.68. The Hall–Kier alpha value is -0.590. The summed E-state index contributed by atoms with van der Waals surface area (Å²) in [4.78, 5) is 4.39. The van der Waals surface area contributed by atoms with E-state index < -0.39 is 0 Å². The van der Waals surface area contributed by atoms with Gasteiger partial charge in [-0.3, -0.25) is 4.99 Å². The predicted octanol–water partition coefficient (Wildman–Crippen LogP) is 4.49. The van der Waals surface area contributed by atoms with E-state index in [1.54, 1.807) is 0 Å². The zero-order valence-corrected chi connectivity index (χ0v) is 11.3. The van der Waals surface area contributed by atoms with Gasteiger partial charge in [0.05, 0.1) is 0 Å². The van der Waals surface area contributed by atoms with Gasteiger partial charge in [0.25, 0.3) is 0 Å². The lowest BCUT2D eigenvalue weighted by atomic mass is 9.88. The molecule has 0 radical (unpaired) electrons. The second-order valence-corrected chi connectivity index (χ2v) is 4.59. The van der Waals surface area contributed by atoms with Gasteiger partial charge in [-0.1, -0.05) is 40.7 Å². The summed E-state index contributed by atoms with van der Waals surface area (Å²) >= 11 is 0. The van der Waals surface area contributed by atoms with Gasteiger partial charge in [-0.15, -0.1) is 0 Å². The first kappa shape index (κ1) is 14.4. The minimum atomic E-state index is 0.742. The SMILES string of the molecule is CC/C=C(/CC(C)C(C)C)C(CC)=NC. The molecule has 0 spiro atoms. The van der Waals surface area contributed by atoms with Crippen LogP contribution in [0.4, 0.5) is 0 Å². The normalized spacial score (nSPS) is 15.9. The van der Waals surface area contributed by atoms with E-state index in [1.807, 2.05) is 7.05 Å². The molecule has 0 aliphatic heterocycles. The van der Waals surface area contributed by atoms with Crippen LogP contribution in [0.15, 0.2) is 16.6 Å². The van der Waals surface area contributed by atoms with Gasteiger partial charge in [-0.2, -0.15) is 0 Å². The van der Waals surface area contributed by atoms with E-state index in [1.165, 1.54) is 17.7 Å². The maximum absolute atomic E-state index is 4.39. The molecule has 0 aromatic carbocycles. The third-order valence-corrected chi connectivity index (χ3v) is 3.11. The Labute approximate surface area is 95.7 Å². The number of hydrogen-bond acceptors (Lipinski definition) is 1. The third kappa shape index (κ3) is 5.15. The van der Waals surface area contributed by atoms with Gasteiger partial charge < -0.3 is 0 Å². The van der Waals surface area contributed by atoms with Gasteiger partial charge >= 0.3 is 0 Å². The van der Waals surface area contributed by atoms with Gasteiger partial charge in [-0.05, 0) is 36.7 Å². The molecule has 0 heterocycles. The van der Waals surface area contributed by atoms with Gasteiger partial charge in [0.2, 0.25) is 0 Å². The van der Waals surface area contributed by atoms with E-state index in [2.05, 4.69) is 45.7 Å². The van der Waals surface area contributed by atoms with E-state index in [-0.39, 0.29) is 0 Å². The minimum absolute atomic E-state index is 0.742. The number of hydrogen-bond donors (Lipinski definition) is 0. The zero-order valence-electron chi connectivity index (χ0n) is 11.3. The lowest BCUT2D eigenvalue weighted by Crippen LogP contribution is -2.10. The van der Waals surface area contributed by atoms with Gasteiger partial charge in [0.15, 0.2) is 0 Å². The average molecular weight is 209 g/mol. The monoisotopic (exact) mass is 209 g/mol. The highest BCUT2D eigenvalue weighted by atomic mass is 14.7. The van der Waals surface area contributed by atoms with Crippen LogP contribution in [-0.4, -0.2) is 12.8 Å². The van der Waals surface area contributed by atoms with Crippen LogP contribution in [0.1, 0.15) is 53.9 Å². The molecule has 1 heteroatoms. The van der Waals surface area contributed by atoms with Crippen molar-refractivity contribution in [2.24, 2.45) is 16.8 Å². The first-order valence-electron chi connectivity index (χ1n) is 6.21. The largest absolute Gasteiger partial charge is 0.293 e. The summed E-state index contributed by atoms with van der Waals surface area (Å²) in [6.45, 7) is 11.3. The number of aliphatic imine (C=N–C) groups is 1. The fraction of sp³-hybridized carbons (Fsp3) is 0.786. The molecule has 1 unspecified atom stereocenters. The zero-order chi connectivity index (χ0) is 11.8. The topological polar surface area (TPSA) is 12.4 Å². The van der Waals surface area contributed by atoms with Crippen LogP contribution in [0.2, 0.25) is 0 Å². The molecule has 1 nitrogen and oxygen atoms in total. The third-order valence-electron chi connectivity index (χ3n) is 3.11. The van der Waals surface area contributed by atoms with Crippen molar-refractivity contribution in [2.75, 3.05) is 7.05 Å². The molecule has 15 heavy (non-hydrogen) atoms. The molecule has 0 rings (SSSR count). The molecule has 88 valence electrons. The summed E-state index contributed by atoms with van der Waals surface area (Å²) < 4.78 is 0. The van der Waals surface area contributed by atoms with Crippen LogP contribution in [0.25, 0.3) is 0 Å². The molecule has 0 saturated heterocycles. The van der Waals surface area contributed by atoms with Crippen LogP contribution in [-0.2, 0) is 0 Å². The maximum Gasteiger partial charge on any atom is 0.0370 e. The highest BCUT2D eigenvalue weighted by Gasteiger charge is 2.12. The molecule has 0 fully saturated rings. The van der Waals surface area contributed by atoms with Crippen LogP contribution in [0.3, 0.4) is 0 Å². The average Bonchev–Trinajstić information content (AvgIpc) is 2.19. The molecule has 0 amide bonds. The van der Waals surface area contributed by atoms with Crippen molar-refractivity contribution < 1.29 is 0 Å². The first-order valence-corrected chi connectivity index (χ1v) is 6.21. The van der Waals surface area contributed by atoms with Crippen molar-refractivity contribution in [3.8, 4) is 0 Å². The van der Waals surface area contributed by atoms with Gasteiger partial charge in [-0.25, -0.2) is 0 Å². The predicted molar refractivity (Wildman–Crippen MR) is 70.6 cm³/mol. The molecular weight excluding hydrogens is 182 g/mol. The van der Waals surface area contributed by atoms with Gasteiger partial charge in [0.1, 0.15) is 0 Å². The van der Waals surface area contributed by atoms with Crippen molar-refractivity contribution >= 4 is 5.71 Å². The van der Waals surface area contributed by atoms with Crippen molar-refractivity contribution in [3.05, 3.63) is 11.6 Å². The molecule has 0 N–H and O–H groups in total. The van der Waals surface area contributed by atoms with E-state index >= 15 is 0 Å². The van der Waals surface area contributed by atoms with Crippen molar-refractivity contribution in [3.63, 3.8) is 0 Å². The Morgan fingerprint density at radius 3 is 2.13 bits per heavy atom. The molecule has 1 atom stereocenters. The summed E-state index contributed by atoms with van der Waals surface area (Å²) in [7, 11) is 1.91. The molecule has 0 aliphatic carbocycles. The molecular formula is C14H27N. The van der Waals surface area contributed by atoms with E-state index in [9.17, 15) is 0 Å². The van der Waals surface area contributed by atoms with Crippen molar-refractivity contribution in [1.82, 2.24) is 0 Å². The summed E-state index contributed by atoms with van der Waals surface area (Å²) in [5, 5.41) is 0. The molecule has 0 saturated carbocycles. The van der Waals surface area contributed by atoms with Crippen LogP contribution in [0.5, 0.6) is 0 Å². The standard InChI is InChI=1S/C14H27N/c1-7-9-13(14(8-2)15-6)10-12(5)11(3)4/h9,11-12H,7-8,10H2,1-6H3/b13-9-,15-14?. The van der Waals surface area contributed by atoms with E-state index in [4.69, 9.17) is 0 Å². The second kappa shape index (κ2) is 7.67. The lowest BCUT2D eigenvalue weighted by Gasteiger charge is -2.18.